The van der Waals surface area contributed by atoms with Crippen molar-refractivity contribution >= 4 is 43.1 Å². The average molecular weight is 663 g/mol. The lowest BCUT2D eigenvalue weighted by atomic mass is 10.0. The third kappa shape index (κ3) is 5.34. The van der Waals surface area contributed by atoms with E-state index < -0.39 is 0 Å². The Morgan fingerprint density at radius 3 is 1.08 bits per heavy atom. The van der Waals surface area contributed by atoms with Crippen LogP contribution >= 0.6 is 0 Å². The van der Waals surface area contributed by atoms with Crippen LogP contribution in [0.1, 0.15) is 0 Å². The zero-order valence-corrected chi connectivity index (χ0v) is 28.1. The molecule has 0 amide bonds. The molecule has 0 N–H and O–H groups in total. The van der Waals surface area contributed by atoms with Gasteiger partial charge in [-0.1, -0.05) is 158 Å². The fourth-order valence-electron chi connectivity index (χ4n) is 7.23. The second kappa shape index (κ2) is 12.4. The molecule has 0 spiro atoms. The molecule has 10 aromatic rings. The van der Waals surface area contributed by atoms with Gasteiger partial charge in [0.15, 0.2) is 11.6 Å². The van der Waals surface area contributed by atoms with Crippen LogP contribution in [0.25, 0.3) is 99.8 Å². The molecular formula is C48H30N4. The van der Waals surface area contributed by atoms with Gasteiger partial charge in [0.2, 0.25) is 0 Å². The third-order valence-electron chi connectivity index (χ3n) is 9.87. The molecule has 2 heterocycles. The molecule has 2 aromatic heterocycles. The summed E-state index contributed by atoms with van der Waals surface area (Å²) in [5.74, 6) is 1.30. The van der Waals surface area contributed by atoms with E-state index >= 15 is 0 Å². The summed E-state index contributed by atoms with van der Waals surface area (Å²) in [6, 6.07) is 63.4. The molecule has 8 aromatic carbocycles. The first-order valence-corrected chi connectivity index (χ1v) is 17.5. The Bertz CT molecular complexity index is 2770. The van der Waals surface area contributed by atoms with E-state index in [1.54, 1.807) is 0 Å². The maximum atomic E-state index is 5.29. The van der Waals surface area contributed by atoms with E-state index in [4.69, 9.17) is 19.9 Å². The number of fused-ring (bicyclic) bond motifs is 4. The highest BCUT2D eigenvalue weighted by molar-refractivity contribution is 5.97. The summed E-state index contributed by atoms with van der Waals surface area (Å²) in [6.07, 6.45) is 0. The van der Waals surface area contributed by atoms with Crippen LogP contribution in [-0.4, -0.2) is 19.9 Å². The van der Waals surface area contributed by atoms with E-state index in [1.807, 2.05) is 0 Å². The first-order chi connectivity index (χ1) is 25.7. The zero-order valence-electron chi connectivity index (χ0n) is 28.1. The standard InChI is InChI=1S/C48H30N4/c1-3-15-35-27-37(25-23-31(35)11-1)43-29-45(51-47(49-43)41-21-9-17-33-13-5-7-19-39(33)41)46-30-44(38-26-24-32-12-2-4-16-36(32)28-38)50-48(52-46)42-22-10-18-34-14-6-8-20-40(34)42/h1-30H. The van der Waals surface area contributed by atoms with Crippen LogP contribution in [0.5, 0.6) is 0 Å². The normalized spacial score (nSPS) is 11.5. The van der Waals surface area contributed by atoms with Gasteiger partial charge in [0, 0.05) is 22.3 Å². The van der Waals surface area contributed by atoms with Gasteiger partial charge in [0.05, 0.1) is 22.8 Å². The highest BCUT2D eigenvalue weighted by Crippen LogP contribution is 2.35. The monoisotopic (exact) mass is 662 g/mol. The summed E-state index contributed by atoms with van der Waals surface area (Å²) in [4.78, 5) is 21.1. The lowest BCUT2D eigenvalue weighted by molar-refractivity contribution is 1.14. The minimum absolute atomic E-state index is 0.648. The van der Waals surface area contributed by atoms with Crippen molar-refractivity contribution in [3.8, 4) is 56.7 Å². The summed E-state index contributed by atoms with van der Waals surface area (Å²) in [5.41, 5.74) is 7.09. The van der Waals surface area contributed by atoms with Crippen molar-refractivity contribution in [2.75, 3.05) is 0 Å². The molecule has 0 aliphatic heterocycles. The lowest BCUT2D eigenvalue weighted by Crippen LogP contribution is -2.01. The number of hydrogen-bond donors (Lipinski definition) is 0. The van der Waals surface area contributed by atoms with Crippen molar-refractivity contribution in [2.24, 2.45) is 0 Å². The Morgan fingerprint density at radius 2 is 0.615 bits per heavy atom. The van der Waals surface area contributed by atoms with E-state index in [2.05, 4.69) is 182 Å². The maximum Gasteiger partial charge on any atom is 0.161 e. The molecule has 0 aliphatic rings. The van der Waals surface area contributed by atoms with Crippen molar-refractivity contribution in [3.05, 3.63) is 182 Å². The zero-order chi connectivity index (χ0) is 34.4. The Balaban J connectivity index is 1.24. The molecule has 242 valence electrons. The number of aromatic nitrogens is 4. The molecule has 0 saturated heterocycles. The summed E-state index contributed by atoms with van der Waals surface area (Å²) in [7, 11) is 0. The molecule has 0 fully saturated rings. The topological polar surface area (TPSA) is 51.6 Å². The smallest absolute Gasteiger partial charge is 0.161 e. The highest BCUT2D eigenvalue weighted by Gasteiger charge is 2.18. The number of nitrogens with zero attached hydrogens (tertiary/aromatic N) is 4. The number of hydrogen-bond acceptors (Lipinski definition) is 4. The fourth-order valence-corrected chi connectivity index (χ4v) is 7.23. The van der Waals surface area contributed by atoms with Crippen molar-refractivity contribution in [3.63, 3.8) is 0 Å². The van der Waals surface area contributed by atoms with Crippen molar-refractivity contribution < 1.29 is 0 Å². The number of rotatable bonds is 5. The predicted octanol–water partition coefficient (Wildman–Crippen LogP) is 12.2. The van der Waals surface area contributed by atoms with Gasteiger partial charge in [0.1, 0.15) is 0 Å². The van der Waals surface area contributed by atoms with Crippen molar-refractivity contribution in [1.82, 2.24) is 19.9 Å². The molecule has 0 aliphatic carbocycles. The average Bonchev–Trinajstić information content (AvgIpc) is 3.22. The van der Waals surface area contributed by atoms with Crippen LogP contribution in [0.4, 0.5) is 0 Å². The van der Waals surface area contributed by atoms with Gasteiger partial charge in [-0.15, -0.1) is 0 Å². The molecule has 0 unspecified atom stereocenters. The molecule has 52 heavy (non-hydrogen) atoms. The first-order valence-electron chi connectivity index (χ1n) is 17.5. The van der Waals surface area contributed by atoms with Gasteiger partial charge in [-0.05, 0) is 67.4 Å². The first kappa shape index (κ1) is 29.8. The molecule has 10 rings (SSSR count). The SMILES string of the molecule is c1ccc2cc(-c3cc(-c4cc(-c5ccc6ccccc6c5)nc(-c5cccc6ccccc56)n4)nc(-c4cccc5ccccc45)n3)ccc2c1. The molecular weight excluding hydrogens is 633 g/mol. The molecule has 4 heteroatoms. The quantitative estimate of drug-likeness (QED) is 0.184. The van der Waals surface area contributed by atoms with Crippen molar-refractivity contribution in [1.29, 1.82) is 0 Å². The fraction of sp³-hybridized carbons (Fsp3) is 0. The second-order valence-electron chi connectivity index (χ2n) is 13.1. The summed E-state index contributed by atoms with van der Waals surface area (Å²) < 4.78 is 0. The summed E-state index contributed by atoms with van der Waals surface area (Å²) in [5, 5.41) is 9.16. The van der Waals surface area contributed by atoms with Crippen LogP contribution in [0.2, 0.25) is 0 Å². The van der Waals surface area contributed by atoms with Crippen LogP contribution in [-0.2, 0) is 0 Å². The van der Waals surface area contributed by atoms with Gasteiger partial charge in [0.25, 0.3) is 0 Å². The molecule has 0 saturated carbocycles. The number of benzene rings is 8. The van der Waals surface area contributed by atoms with E-state index in [9.17, 15) is 0 Å². The van der Waals surface area contributed by atoms with Gasteiger partial charge in [-0.25, -0.2) is 19.9 Å². The Hall–Kier alpha value is -7.04. The molecule has 0 radical (unpaired) electrons. The maximum absolute atomic E-state index is 5.29. The van der Waals surface area contributed by atoms with E-state index in [0.717, 1.165) is 77.3 Å². The van der Waals surface area contributed by atoms with E-state index in [0.29, 0.717) is 11.6 Å². The van der Waals surface area contributed by atoms with Gasteiger partial charge in [-0.3, -0.25) is 0 Å². The van der Waals surface area contributed by atoms with E-state index in [-0.39, 0.29) is 0 Å². The van der Waals surface area contributed by atoms with Crippen LogP contribution < -0.4 is 0 Å². The minimum atomic E-state index is 0.648. The Labute approximate surface area is 300 Å². The molecule has 4 nitrogen and oxygen atoms in total. The third-order valence-corrected chi connectivity index (χ3v) is 9.87. The summed E-state index contributed by atoms with van der Waals surface area (Å²) >= 11 is 0. The van der Waals surface area contributed by atoms with Crippen LogP contribution in [0, 0.1) is 0 Å². The van der Waals surface area contributed by atoms with Crippen LogP contribution in [0.3, 0.4) is 0 Å². The Morgan fingerprint density at radius 1 is 0.250 bits per heavy atom. The summed E-state index contributed by atoms with van der Waals surface area (Å²) in [6.45, 7) is 0. The van der Waals surface area contributed by atoms with Crippen molar-refractivity contribution in [2.45, 2.75) is 0 Å². The highest BCUT2D eigenvalue weighted by atomic mass is 14.9. The van der Waals surface area contributed by atoms with Gasteiger partial charge >= 0.3 is 0 Å². The molecule has 0 bridgehead atoms. The predicted molar refractivity (Wildman–Crippen MR) is 215 cm³/mol. The van der Waals surface area contributed by atoms with E-state index in [1.165, 1.54) is 10.8 Å². The van der Waals surface area contributed by atoms with Crippen LogP contribution in [0.15, 0.2) is 182 Å². The largest absolute Gasteiger partial charge is 0.228 e. The Kier molecular flexibility index (Phi) is 7.10. The lowest BCUT2D eigenvalue weighted by Gasteiger charge is -2.14. The van der Waals surface area contributed by atoms with Gasteiger partial charge in [-0.2, -0.15) is 0 Å². The second-order valence-corrected chi connectivity index (χ2v) is 13.1. The van der Waals surface area contributed by atoms with Gasteiger partial charge < -0.3 is 0 Å². The molecule has 0 atom stereocenters. The minimum Gasteiger partial charge on any atom is -0.228 e.